The van der Waals surface area contributed by atoms with Gasteiger partial charge in [-0.3, -0.25) is 4.79 Å². The predicted octanol–water partition coefficient (Wildman–Crippen LogP) is 2.86. The highest BCUT2D eigenvalue weighted by Gasteiger charge is 2.05. The Morgan fingerprint density at radius 3 is 2.60 bits per heavy atom. The molecule has 2 rings (SSSR count). The molecule has 0 saturated carbocycles. The molecule has 2 aromatic carbocycles. The average Bonchev–Trinajstić information content (AvgIpc) is 2.45. The number of rotatable bonds is 5. The summed E-state index contributed by atoms with van der Waals surface area (Å²) >= 11 is 0. The van der Waals surface area contributed by atoms with Gasteiger partial charge in [-0.2, -0.15) is 0 Å². The third-order valence-electron chi connectivity index (χ3n) is 2.90. The second-order valence-corrected chi connectivity index (χ2v) is 4.60. The highest BCUT2D eigenvalue weighted by atomic mass is 19.1. The Labute approximate surface area is 117 Å². The number of hydrogen-bond donors (Lipinski definition) is 2. The van der Waals surface area contributed by atoms with Crippen LogP contribution in [0, 0.1) is 12.7 Å². The van der Waals surface area contributed by atoms with Crippen molar-refractivity contribution in [2.75, 3.05) is 11.9 Å². The Morgan fingerprint density at radius 1 is 1.15 bits per heavy atom. The van der Waals surface area contributed by atoms with Crippen molar-refractivity contribution < 1.29 is 9.18 Å². The molecule has 2 N–H and O–H groups in total. The van der Waals surface area contributed by atoms with Crippen LogP contribution in [-0.4, -0.2) is 12.5 Å². The predicted molar refractivity (Wildman–Crippen MR) is 77.9 cm³/mol. The molecule has 20 heavy (non-hydrogen) atoms. The molecule has 0 atom stereocenters. The fraction of sp³-hybridized carbons (Fsp3) is 0.188. The summed E-state index contributed by atoms with van der Waals surface area (Å²) in [5.41, 5.74) is 2.22. The smallest absolute Gasteiger partial charge is 0.239 e. The number of halogens is 1. The number of anilines is 1. The molecule has 1 amide bonds. The molecular weight excluding hydrogens is 255 g/mol. The second-order valence-electron chi connectivity index (χ2n) is 4.60. The number of nitrogens with one attached hydrogen (secondary N) is 2. The summed E-state index contributed by atoms with van der Waals surface area (Å²) in [6.07, 6.45) is 0. The summed E-state index contributed by atoms with van der Waals surface area (Å²) in [5, 5.41) is 5.57. The van der Waals surface area contributed by atoms with E-state index >= 15 is 0 Å². The minimum Gasteiger partial charge on any atom is -0.374 e. The molecule has 104 valence electrons. The molecule has 0 aliphatic rings. The number of benzene rings is 2. The SMILES string of the molecule is Cc1ccc(NCC(=O)NCc2ccccc2)c(F)c1. The van der Waals surface area contributed by atoms with Gasteiger partial charge in [0.05, 0.1) is 12.2 Å². The maximum absolute atomic E-state index is 13.6. The molecule has 2 aromatic rings. The molecule has 0 aliphatic carbocycles. The van der Waals surface area contributed by atoms with Crippen molar-refractivity contribution in [2.45, 2.75) is 13.5 Å². The lowest BCUT2D eigenvalue weighted by molar-refractivity contribution is -0.119. The zero-order valence-electron chi connectivity index (χ0n) is 11.3. The van der Waals surface area contributed by atoms with Crippen LogP contribution >= 0.6 is 0 Å². The van der Waals surface area contributed by atoms with Crippen molar-refractivity contribution in [3.8, 4) is 0 Å². The maximum atomic E-state index is 13.6. The van der Waals surface area contributed by atoms with E-state index in [1.165, 1.54) is 6.07 Å². The first-order chi connectivity index (χ1) is 9.65. The van der Waals surface area contributed by atoms with E-state index in [1.54, 1.807) is 12.1 Å². The third-order valence-corrected chi connectivity index (χ3v) is 2.90. The average molecular weight is 272 g/mol. The van der Waals surface area contributed by atoms with E-state index in [4.69, 9.17) is 0 Å². The van der Waals surface area contributed by atoms with Crippen molar-refractivity contribution in [3.05, 3.63) is 65.5 Å². The molecule has 0 spiro atoms. The minimum absolute atomic E-state index is 0.0484. The number of carbonyl (C=O) groups excluding carboxylic acids is 1. The van der Waals surface area contributed by atoms with Crippen molar-refractivity contribution in [2.24, 2.45) is 0 Å². The minimum atomic E-state index is -0.346. The summed E-state index contributed by atoms with van der Waals surface area (Å²) in [7, 11) is 0. The van der Waals surface area contributed by atoms with Gasteiger partial charge in [0.2, 0.25) is 5.91 Å². The van der Waals surface area contributed by atoms with Gasteiger partial charge in [0.1, 0.15) is 5.82 Å². The molecule has 0 radical (unpaired) electrons. The molecule has 0 unspecified atom stereocenters. The maximum Gasteiger partial charge on any atom is 0.239 e. The normalized spacial score (nSPS) is 10.1. The highest BCUT2D eigenvalue weighted by molar-refractivity contribution is 5.80. The first-order valence-electron chi connectivity index (χ1n) is 6.46. The number of hydrogen-bond acceptors (Lipinski definition) is 2. The van der Waals surface area contributed by atoms with Crippen LogP contribution in [0.15, 0.2) is 48.5 Å². The van der Waals surface area contributed by atoms with Crippen molar-refractivity contribution in [1.29, 1.82) is 0 Å². The van der Waals surface area contributed by atoms with Gasteiger partial charge in [-0.05, 0) is 30.2 Å². The van der Waals surface area contributed by atoms with E-state index in [0.29, 0.717) is 12.2 Å². The van der Waals surface area contributed by atoms with E-state index in [1.807, 2.05) is 37.3 Å². The Balaban J connectivity index is 1.80. The molecule has 0 aromatic heterocycles. The molecule has 4 heteroatoms. The van der Waals surface area contributed by atoms with Gasteiger partial charge >= 0.3 is 0 Å². The zero-order valence-corrected chi connectivity index (χ0v) is 11.3. The summed E-state index contributed by atoms with van der Waals surface area (Å²) in [4.78, 5) is 11.7. The van der Waals surface area contributed by atoms with Crippen LogP contribution in [0.25, 0.3) is 0 Å². The summed E-state index contributed by atoms with van der Waals surface area (Å²) < 4.78 is 13.6. The highest BCUT2D eigenvalue weighted by Crippen LogP contribution is 2.14. The Hall–Kier alpha value is -2.36. The lowest BCUT2D eigenvalue weighted by Gasteiger charge is -2.09. The number of amides is 1. The van der Waals surface area contributed by atoms with Crippen LogP contribution in [0.3, 0.4) is 0 Å². The summed E-state index contributed by atoms with van der Waals surface area (Å²) in [6, 6.07) is 14.5. The lowest BCUT2D eigenvalue weighted by atomic mass is 10.2. The standard InChI is InChI=1S/C16H17FN2O/c1-12-7-8-15(14(17)9-12)18-11-16(20)19-10-13-5-3-2-4-6-13/h2-9,18H,10-11H2,1H3,(H,19,20). The Kier molecular flexibility index (Phi) is 4.71. The van der Waals surface area contributed by atoms with Gasteiger partial charge in [-0.15, -0.1) is 0 Å². The quantitative estimate of drug-likeness (QED) is 0.878. The topological polar surface area (TPSA) is 41.1 Å². The van der Waals surface area contributed by atoms with E-state index in [-0.39, 0.29) is 18.3 Å². The monoisotopic (exact) mass is 272 g/mol. The molecular formula is C16H17FN2O. The molecule has 0 saturated heterocycles. The fourth-order valence-electron chi connectivity index (χ4n) is 1.80. The number of aryl methyl sites for hydroxylation is 1. The largest absolute Gasteiger partial charge is 0.374 e. The lowest BCUT2D eigenvalue weighted by Crippen LogP contribution is -2.29. The van der Waals surface area contributed by atoms with E-state index in [0.717, 1.165) is 11.1 Å². The van der Waals surface area contributed by atoms with E-state index < -0.39 is 0 Å². The summed E-state index contributed by atoms with van der Waals surface area (Å²) in [5.74, 6) is -0.519. The van der Waals surface area contributed by atoms with Crippen molar-refractivity contribution in [1.82, 2.24) is 5.32 Å². The van der Waals surface area contributed by atoms with Crippen LogP contribution in [0.1, 0.15) is 11.1 Å². The molecule has 0 bridgehead atoms. The summed E-state index contributed by atoms with van der Waals surface area (Å²) in [6.45, 7) is 2.34. The van der Waals surface area contributed by atoms with Gasteiger partial charge in [-0.25, -0.2) is 4.39 Å². The van der Waals surface area contributed by atoms with E-state index in [2.05, 4.69) is 10.6 Å². The van der Waals surface area contributed by atoms with Gasteiger partial charge in [-0.1, -0.05) is 36.4 Å². The van der Waals surface area contributed by atoms with E-state index in [9.17, 15) is 9.18 Å². The van der Waals surface area contributed by atoms with Crippen molar-refractivity contribution in [3.63, 3.8) is 0 Å². The van der Waals surface area contributed by atoms with Gasteiger partial charge < -0.3 is 10.6 Å². The fourth-order valence-corrected chi connectivity index (χ4v) is 1.80. The van der Waals surface area contributed by atoms with Gasteiger partial charge in [0.15, 0.2) is 0 Å². The molecule has 0 heterocycles. The van der Waals surface area contributed by atoms with Gasteiger partial charge in [0.25, 0.3) is 0 Å². The first-order valence-corrected chi connectivity index (χ1v) is 6.46. The zero-order chi connectivity index (χ0) is 14.4. The number of carbonyl (C=O) groups is 1. The Morgan fingerprint density at radius 2 is 1.90 bits per heavy atom. The van der Waals surface area contributed by atoms with Crippen molar-refractivity contribution >= 4 is 11.6 Å². The molecule has 3 nitrogen and oxygen atoms in total. The third kappa shape index (κ3) is 4.09. The molecule has 0 aliphatic heterocycles. The van der Waals surface area contributed by atoms with Crippen LogP contribution in [0.2, 0.25) is 0 Å². The second kappa shape index (κ2) is 6.70. The van der Waals surface area contributed by atoms with Crippen LogP contribution < -0.4 is 10.6 Å². The van der Waals surface area contributed by atoms with Gasteiger partial charge in [0, 0.05) is 6.54 Å². The van der Waals surface area contributed by atoms with Crippen LogP contribution in [0.4, 0.5) is 10.1 Å². The Bertz CT molecular complexity index is 584. The van der Waals surface area contributed by atoms with Crippen LogP contribution in [-0.2, 0) is 11.3 Å². The first kappa shape index (κ1) is 14.1. The molecule has 0 fully saturated rings. The van der Waals surface area contributed by atoms with Crippen LogP contribution in [0.5, 0.6) is 0 Å².